The number of nitrogens with one attached hydrogen (secondary N) is 2. The Morgan fingerprint density at radius 3 is 2.81 bits per heavy atom. The first-order valence-electron chi connectivity index (χ1n) is 11.9. The van der Waals surface area contributed by atoms with Crippen LogP contribution in [-0.2, 0) is 27.2 Å². The van der Waals surface area contributed by atoms with E-state index in [2.05, 4.69) is 22.8 Å². The van der Waals surface area contributed by atoms with E-state index in [1.807, 2.05) is 0 Å². The van der Waals surface area contributed by atoms with Crippen molar-refractivity contribution in [2.45, 2.75) is 82.8 Å². The second-order valence-corrected chi connectivity index (χ2v) is 9.46. The molecule has 31 heavy (non-hydrogen) atoms. The summed E-state index contributed by atoms with van der Waals surface area (Å²) in [6.45, 7) is 1.38. The van der Waals surface area contributed by atoms with Crippen LogP contribution >= 0.6 is 0 Å². The molecule has 3 aliphatic rings. The van der Waals surface area contributed by atoms with Gasteiger partial charge in [0.25, 0.3) is 0 Å². The van der Waals surface area contributed by atoms with Crippen LogP contribution in [0.4, 0.5) is 5.82 Å². The molecule has 2 heterocycles. The summed E-state index contributed by atoms with van der Waals surface area (Å²) in [6.07, 6.45) is 10.8. The zero-order valence-corrected chi connectivity index (χ0v) is 18.3. The summed E-state index contributed by atoms with van der Waals surface area (Å²) in [7, 11) is 0. The van der Waals surface area contributed by atoms with E-state index in [0.29, 0.717) is 31.3 Å². The molecular weight excluding hydrogens is 394 g/mol. The monoisotopic (exact) mass is 429 g/mol. The molecule has 2 aliphatic carbocycles. The van der Waals surface area contributed by atoms with Crippen molar-refractivity contribution >= 4 is 17.7 Å². The molecule has 1 aromatic heterocycles. The maximum absolute atomic E-state index is 12.0. The Morgan fingerprint density at radius 1 is 1.23 bits per heavy atom. The number of fused-ring (bicyclic) bond motifs is 1. The fourth-order valence-corrected chi connectivity index (χ4v) is 4.73. The third kappa shape index (κ3) is 6.19. The molecule has 2 saturated carbocycles. The van der Waals surface area contributed by atoms with Crippen molar-refractivity contribution in [3.63, 3.8) is 0 Å². The van der Waals surface area contributed by atoms with Crippen molar-refractivity contribution in [2.24, 2.45) is 11.8 Å². The summed E-state index contributed by atoms with van der Waals surface area (Å²) < 4.78 is 5.87. The van der Waals surface area contributed by atoms with Crippen molar-refractivity contribution in [3.8, 4) is 0 Å². The molecule has 0 unspecified atom stereocenters. The summed E-state index contributed by atoms with van der Waals surface area (Å²) in [4.78, 5) is 28.2. The Hall–Kier alpha value is -2.15. The first kappa shape index (κ1) is 22.1. The predicted octanol–water partition coefficient (Wildman–Crippen LogP) is 3.32. The molecule has 0 radical (unpaired) electrons. The first-order valence-corrected chi connectivity index (χ1v) is 11.9. The van der Waals surface area contributed by atoms with Gasteiger partial charge in [-0.15, -0.1) is 0 Å². The third-order valence-corrected chi connectivity index (χ3v) is 7.05. The van der Waals surface area contributed by atoms with Gasteiger partial charge < -0.3 is 20.5 Å². The van der Waals surface area contributed by atoms with Crippen molar-refractivity contribution < 1.29 is 19.4 Å². The van der Waals surface area contributed by atoms with E-state index >= 15 is 0 Å². The summed E-state index contributed by atoms with van der Waals surface area (Å²) >= 11 is 0. The molecule has 1 atom stereocenters. The molecule has 2 fully saturated rings. The molecule has 0 bridgehead atoms. The highest BCUT2D eigenvalue weighted by Gasteiger charge is 2.30. The van der Waals surface area contributed by atoms with Crippen LogP contribution in [0.25, 0.3) is 0 Å². The number of aryl methyl sites for hydroxylation is 2. The average molecular weight is 430 g/mol. The van der Waals surface area contributed by atoms with Crippen molar-refractivity contribution in [3.05, 3.63) is 23.4 Å². The number of nitrogens with zero attached hydrogens (tertiary/aromatic N) is 1. The molecule has 7 nitrogen and oxygen atoms in total. The molecule has 1 aliphatic heterocycles. The lowest BCUT2D eigenvalue weighted by atomic mass is 9.79. The normalized spacial score (nSPS) is 23.6. The second-order valence-electron chi connectivity index (χ2n) is 9.46. The van der Waals surface area contributed by atoms with E-state index in [1.165, 1.54) is 18.4 Å². The molecular formula is C24H35N3O4. The lowest BCUT2D eigenvalue weighted by molar-refractivity contribution is -0.143. The Labute approximate surface area is 184 Å². The van der Waals surface area contributed by atoms with Gasteiger partial charge in [0.2, 0.25) is 5.91 Å². The van der Waals surface area contributed by atoms with Crippen LogP contribution in [-0.4, -0.2) is 47.3 Å². The molecule has 0 spiro atoms. The van der Waals surface area contributed by atoms with E-state index in [9.17, 15) is 14.7 Å². The van der Waals surface area contributed by atoms with Gasteiger partial charge in [0, 0.05) is 31.7 Å². The maximum atomic E-state index is 12.0. The van der Waals surface area contributed by atoms with Gasteiger partial charge in [-0.25, -0.2) is 9.78 Å². The number of anilines is 1. The zero-order valence-electron chi connectivity index (χ0n) is 18.3. The second kappa shape index (κ2) is 10.4. The number of amides is 1. The standard InChI is InChI=1S/C24H35N3O4/c28-22(15-16-3-1-4-16)27-21(24(29)30)10-12-31-20-13-17(14-20)6-8-19-9-7-18-5-2-11-25-23(18)26-19/h7,9,16-17,20-21H,1-6,8,10-15H2,(H,25,26)(H,27,28)(H,29,30)/t17-,20-,21-/m0/s1. The van der Waals surface area contributed by atoms with Crippen molar-refractivity contribution in [1.82, 2.24) is 10.3 Å². The maximum Gasteiger partial charge on any atom is 0.326 e. The van der Waals surface area contributed by atoms with Gasteiger partial charge >= 0.3 is 5.97 Å². The SMILES string of the molecule is O=C(CC1CCC1)N[C@@H](CCO[C@H]1C[C@H](CCc2ccc3c(n2)NCCC3)C1)C(=O)O. The van der Waals surface area contributed by atoms with Gasteiger partial charge in [-0.2, -0.15) is 0 Å². The lowest BCUT2D eigenvalue weighted by Crippen LogP contribution is -2.43. The highest BCUT2D eigenvalue weighted by atomic mass is 16.5. The van der Waals surface area contributed by atoms with Crippen LogP contribution in [0.3, 0.4) is 0 Å². The number of aliphatic carboxylic acids is 1. The summed E-state index contributed by atoms with van der Waals surface area (Å²) in [5.41, 5.74) is 2.48. The molecule has 0 saturated heterocycles. The van der Waals surface area contributed by atoms with Gasteiger partial charge in [0.1, 0.15) is 11.9 Å². The fourth-order valence-electron chi connectivity index (χ4n) is 4.73. The van der Waals surface area contributed by atoms with Gasteiger partial charge in [0.15, 0.2) is 0 Å². The minimum Gasteiger partial charge on any atom is -0.480 e. The largest absolute Gasteiger partial charge is 0.480 e. The molecule has 1 aromatic rings. The summed E-state index contributed by atoms with van der Waals surface area (Å²) in [5.74, 6) is 1.01. The Bertz CT molecular complexity index is 774. The number of hydrogen-bond acceptors (Lipinski definition) is 5. The molecule has 0 aromatic carbocycles. The number of ether oxygens (including phenoxy) is 1. The first-order chi connectivity index (χ1) is 15.1. The number of rotatable bonds is 11. The number of carboxylic acids is 1. The average Bonchev–Trinajstić information content (AvgIpc) is 2.70. The number of carbonyl (C=O) groups is 2. The summed E-state index contributed by atoms with van der Waals surface area (Å²) in [6, 6.07) is 3.51. The van der Waals surface area contributed by atoms with Crippen LogP contribution in [0.5, 0.6) is 0 Å². The number of aromatic nitrogens is 1. The molecule has 1 amide bonds. The molecule has 7 heteroatoms. The van der Waals surface area contributed by atoms with Crippen molar-refractivity contribution in [2.75, 3.05) is 18.5 Å². The van der Waals surface area contributed by atoms with Gasteiger partial charge in [-0.05, 0) is 74.8 Å². The number of carboxylic acid groups (broad SMARTS) is 1. The third-order valence-electron chi connectivity index (χ3n) is 7.05. The smallest absolute Gasteiger partial charge is 0.326 e. The minimum atomic E-state index is -0.982. The molecule has 3 N–H and O–H groups in total. The summed E-state index contributed by atoms with van der Waals surface area (Å²) in [5, 5.41) is 15.4. The van der Waals surface area contributed by atoms with E-state index < -0.39 is 12.0 Å². The van der Waals surface area contributed by atoms with Crippen LogP contribution in [0, 0.1) is 11.8 Å². The van der Waals surface area contributed by atoms with Gasteiger partial charge in [-0.1, -0.05) is 12.5 Å². The minimum absolute atomic E-state index is 0.146. The highest BCUT2D eigenvalue weighted by molar-refractivity contribution is 5.83. The van der Waals surface area contributed by atoms with Crippen LogP contribution in [0.1, 0.15) is 69.0 Å². The van der Waals surface area contributed by atoms with Crippen LogP contribution in [0.15, 0.2) is 12.1 Å². The molecule has 170 valence electrons. The Kier molecular flexibility index (Phi) is 7.43. The Morgan fingerprint density at radius 2 is 2.06 bits per heavy atom. The zero-order chi connectivity index (χ0) is 21.6. The molecule has 4 rings (SSSR count). The van der Waals surface area contributed by atoms with E-state index in [0.717, 1.165) is 63.0 Å². The Balaban J connectivity index is 1.10. The number of pyridine rings is 1. The lowest BCUT2D eigenvalue weighted by Gasteiger charge is -2.35. The fraction of sp³-hybridized carbons (Fsp3) is 0.708. The van der Waals surface area contributed by atoms with Crippen molar-refractivity contribution in [1.29, 1.82) is 0 Å². The van der Waals surface area contributed by atoms with Gasteiger partial charge in [0.05, 0.1) is 6.10 Å². The van der Waals surface area contributed by atoms with Gasteiger partial charge in [-0.3, -0.25) is 4.79 Å². The van der Waals surface area contributed by atoms with E-state index in [1.54, 1.807) is 0 Å². The van der Waals surface area contributed by atoms with E-state index in [-0.39, 0.29) is 12.0 Å². The van der Waals surface area contributed by atoms with E-state index in [4.69, 9.17) is 9.72 Å². The quantitative estimate of drug-likeness (QED) is 0.499. The highest BCUT2D eigenvalue weighted by Crippen LogP contribution is 2.34. The number of carbonyl (C=O) groups excluding carboxylic acids is 1. The number of hydrogen-bond donors (Lipinski definition) is 3. The van der Waals surface area contributed by atoms with Crippen LogP contribution < -0.4 is 10.6 Å². The predicted molar refractivity (Wildman–Crippen MR) is 118 cm³/mol. The van der Waals surface area contributed by atoms with Crippen LogP contribution in [0.2, 0.25) is 0 Å². The topological polar surface area (TPSA) is 101 Å².